The third kappa shape index (κ3) is 8.49. The number of fused-ring (bicyclic) bond motifs is 3. The second kappa shape index (κ2) is 18.1. The van der Waals surface area contributed by atoms with Crippen molar-refractivity contribution in [2.24, 2.45) is 0 Å². The maximum absolute atomic E-state index is 5.47. The third-order valence-electron chi connectivity index (χ3n) is 13.3. The van der Waals surface area contributed by atoms with Gasteiger partial charge in [-0.1, -0.05) is 192 Å². The lowest BCUT2D eigenvalue weighted by molar-refractivity contribution is 1.13. The van der Waals surface area contributed by atoms with E-state index in [4.69, 9.17) is 19.9 Å². The molecule has 0 amide bonds. The minimum absolute atomic E-state index is 0.596. The number of nitrogens with zero attached hydrogens (tertiary/aromatic N) is 5. The summed E-state index contributed by atoms with van der Waals surface area (Å²) in [6.45, 7) is 8.69. The predicted octanol–water partition coefficient (Wildman–Crippen LogP) is 16.9. The highest BCUT2D eigenvalue weighted by molar-refractivity contribution is 6.12. The van der Waals surface area contributed by atoms with Crippen molar-refractivity contribution in [3.8, 4) is 95.7 Å². The highest BCUT2D eigenvalue weighted by atomic mass is 15.0. The van der Waals surface area contributed by atoms with E-state index in [1.165, 1.54) is 44.5 Å². The molecule has 0 bridgehead atoms. The van der Waals surface area contributed by atoms with E-state index in [1.807, 2.05) is 24.3 Å². The molecule has 5 heteroatoms. The molecule has 5 nitrogen and oxygen atoms in total. The predicted molar refractivity (Wildman–Crippen MR) is 294 cm³/mol. The van der Waals surface area contributed by atoms with E-state index in [0.29, 0.717) is 11.6 Å². The first-order valence-electron chi connectivity index (χ1n) is 24.2. The van der Waals surface area contributed by atoms with Gasteiger partial charge in [0.15, 0.2) is 11.6 Å². The van der Waals surface area contributed by atoms with Crippen molar-refractivity contribution in [3.63, 3.8) is 0 Å². The molecule has 0 aliphatic carbocycles. The molecule has 71 heavy (non-hydrogen) atoms. The molecule has 3 aromatic heterocycles. The Labute approximate surface area is 414 Å². The molecule has 338 valence electrons. The van der Waals surface area contributed by atoms with Gasteiger partial charge in [0.05, 0.1) is 39.5 Å². The Morgan fingerprint density at radius 1 is 0.268 bits per heavy atom. The van der Waals surface area contributed by atoms with E-state index in [2.05, 4.69) is 232 Å². The van der Waals surface area contributed by atoms with E-state index in [1.54, 1.807) is 0 Å². The largest absolute Gasteiger partial charge is 0.308 e. The van der Waals surface area contributed by atoms with Crippen LogP contribution in [-0.4, -0.2) is 24.5 Å². The Kier molecular flexibility index (Phi) is 11.0. The molecule has 12 aromatic rings. The lowest BCUT2D eigenvalue weighted by Crippen LogP contribution is -2.03. The fourth-order valence-electron chi connectivity index (χ4n) is 10.1. The minimum atomic E-state index is 0.596. The molecule has 0 fully saturated rings. The molecule has 0 aliphatic heterocycles. The van der Waals surface area contributed by atoms with Crippen molar-refractivity contribution in [2.45, 2.75) is 27.7 Å². The SMILES string of the molecule is Cc1cc(C)cc(-c2ccc3c(c2)c2cc(-c4cc(C)cc(C)c4)ccc2n3-c2ccc(-c3nc(-c4ccccc4)cc(-c4ccccc4)n3)cc2-c2nc(-c3ccccc3)cc(-c3ccccc3)n2)c1. The zero-order valence-electron chi connectivity index (χ0n) is 40.1. The number of aryl methyl sites for hydroxylation is 4. The number of benzene rings is 9. The molecule has 3 heterocycles. The Morgan fingerprint density at radius 3 is 1.00 bits per heavy atom. The van der Waals surface area contributed by atoms with Crippen molar-refractivity contribution in [1.82, 2.24) is 24.5 Å². The molecule has 0 unspecified atom stereocenters. The van der Waals surface area contributed by atoms with E-state index in [9.17, 15) is 0 Å². The Morgan fingerprint density at radius 2 is 0.620 bits per heavy atom. The van der Waals surface area contributed by atoms with Crippen LogP contribution in [-0.2, 0) is 0 Å². The summed E-state index contributed by atoms with van der Waals surface area (Å²) >= 11 is 0. The summed E-state index contributed by atoms with van der Waals surface area (Å²) in [5.74, 6) is 1.21. The van der Waals surface area contributed by atoms with Crippen LogP contribution >= 0.6 is 0 Å². The Bertz CT molecular complexity index is 3690. The third-order valence-corrected chi connectivity index (χ3v) is 13.3. The first-order valence-corrected chi connectivity index (χ1v) is 24.2. The summed E-state index contributed by atoms with van der Waals surface area (Å²) in [5.41, 5.74) is 21.9. The summed E-state index contributed by atoms with van der Waals surface area (Å²) in [5, 5.41) is 2.32. The topological polar surface area (TPSA) is 56.5 Å². The van der Waals surface area contributed by atoms with Gasteiger partial charge < -0.3 is 4.57 Å². The number of hydrogen-bond donors (Lipinski definition) is 0. The van der Waals surface area contributed by atoms with Crippen molar-refractivity contribution >= 4 is 21.8 Å². The molecule has 12 rings (SSSR count). The molecule has 0 N–H and O–H groups in total. The van der Waals surface area contributed by atoms with Crippen molar-refractivity contribution < 1.29 is 0 Å². The summed E-state index contributed by atoms with van der Waals surface area (Å²) in [4.78, 5) is 21.5. The quantitative estimate of drug-likeness (QED) is 0.145. The molecule has 0 radical (unpaired) electrons. The van der Waals surface area contributed by atoms with Crippen LogP contribution in [0, 0.1) is 27.7 Å². The number of hydrogen-bond acceptors (Lipinski definition) is 4. The van der Waals surface area contributed by atoms with Gasteiger partial charge in [0.25, 0.3) is 0 Å². The lowest BCUT2D eigenvalue weighted by atomic mass is 9.97. The van der Waals surface area contributed by atoms with Crippen molar-refractivity contribution in [1.29, 1.82) is 0 Å². The van der Waals surface area contributed by atoms with E-state index < -0.39 is 0 Å². The zero-order chi connectivity index (χ0) is 48.0. The van der Waals surface area contributed by atoms with Gasteiger partial charge in [0.1, 0.15) is 0 Å². The fraction of sp³-hybridized carbons (Fsp3) is 0.0606. The summed E-state index contributed by atoms with van der Waals surface area (Å²) in [6, 6.07) is 79.6. The van der Waals surface area contributed by atoms with Gasteiger partial charge >= 0.3 is 0 Å². The summed E-state index contributed by atoms with van der Waals surface area (Å²) < 4.78 is 2.40. The van der Waals surface area contributed by atoms with Gasteiger partial charge in [-0.2, -0.15) is 0 Å². The maximum Gasteiger partial charge on any atom is 0.162 e. The second-order valence-corrected chi connectivity index (χ2v) is 18.7. The normalized spacial score (nSPS) is 11.4. The molecule has 0 aliphatic rings. The smallest absolute Gasteiger partial charge is 0.162 e. The summed E-state index contributed by atoms with van der Waals surface area (Å²) in [7, 11) is 0. The van der Waals surface area contributed by atoms with E-state index in [0.717, 1.165) is 83.6 Å². The lowest BCUT2D eigenvalue weighted by Gasteiger charge is -2.17. The van der Waals surface area contributed by atoms with Gasteiger partial charge in [-0.05, 0) is 105 Å². The molecule has 9 aromatic carbocycles. The first kappa shape index (κ1) is 43.2. The van der Waals surface area contributed by atoms with Crippen LogP contribution in [0.25, 0.3) is 118 Å². The van der Waals surface area contributed by atoms with Gasteiger partial charge in [-0.25, -0.2) is 19.9 Å². The molecule has 0 atom stereocenters. The average molecular weight is 912 g/mol. The fourth-order valence-corrected chi connectivity index (χ4v) is 10.1. The van der Waals surface area contributed by atoms with E-state index in [-0.39, 0.29) is 0 Å². The highest BCUT2D eigenvalue weighted by Crippen LogP contribution is 2.42. The molecular formula is C66H49N5. The monoisotopic (exact) mass is 911 g/mol. The highest BCUT2D eigenvalue weighted by Gasteiger charge is 2.22. The minimum Gasteiger partial charge on any atom is -0.308 e. The molecule has 0 saturated carbocycles. The van der Waals surface area contributed by atoms with Gasteiger partial charge in [0.2, 0.25) is 0 Å². The van der Waals surface area contributed by atoms with Crippen LogP contribution in [0.15, 0.2) is 224 Å². The second-order valence-electron chi connectivity index (χ2n) is 18.7. The molecule has 0 saturated heterocycles. The molecular weight excluding hydrogens is 863 g/mol. The summed E-state index contributed by atoms with van der Waals surface area (Å²) in [6.07, 6.45) is 0. The zero-order valence-corrected chi connectivity index (χ0v) is 40.1. The van der Waals surface area contributed by atoms with Crippen molar-refractivity contribution in [2.75, 3.05) is 0 Å². The van der Waals surface area contributed by atoms with Crippen LogP contribution < -0.4 is 0 Å². The Hall–Kier alpha value is -9.06. The average Bonchev–Trinajstić information content (AvgIpc) is 3.73. The van der Waals surface area contributed by atoms with Crippen LogP contribution in [0.5, 0.6) is 0 Å². The first-order chi connectivity index (χ1) is 34.8. The van der Waals surface area contributed by atoms with Gasteiger partial charge in [0, 0.05) is 44.2 Å². The van der Waals surface area contributed by atoms with Gasteiger partial charge in [-0.3, -0.25) is 0 Å². The Balaban J connectivity index is 1.15. The number of aromatic nitrogens is 5. The van der Waals surface area contributed by atoms with Crippen LogP contribution in [0.1, 0.15) is 22.3 Å². The van der Waals surface area contributed by atoms with Crippen LogP contribution in [0.4, 0.5) is 0 Å². The van der Waals surface area contributed by atoms with Crippen LogP contribution in [0.3, 0.4) is 0 Å². The van der Waals surface area contributed by atoms with Crippen LogP contribution in [0.2, 0.25) is 0 Å². The number of rotatable bonds is 9. The van der Waals surface area contributed by atoms with E-state index >= 15 is 0 Å². The standard InChI is InChI=1S/C66H49N5/c1-42-31-43(2)34-53(33-42)50-25-28-62-55(37-50)56-38-51(54-35-44(3)32-45(4)36-54)26-29-63(56)71(62)64-30-27-52(65-67-58(46-17-9-5-10-18-46)40-59(68-65)47-19-11-6-12-20-47)39-57(64)66-69-60(48-21-13-7-14-22-48)41-61(70-66)49-23-15-8-16-24-49/h5-41H,1-4H3. The molecule has 0 spiro atoms. The maximum atomic E-state index is 5.47. The van der Waals surface area contributed by atoms with Crippen molar-refractivity contribution in [3.05, 3.63) is 247 Å². The van der Waals surface area contributed by atoms with Gasteiger partial charge in [-0.15, -0.1) is 0 Å².